The standard InChI is InChI=1S/C23H28N2O5S/c1-24-22(31)23(16-8-7-11-25-14-16)10-6-5-9-19(23)30-21(26)15-12-17(27-2)20(29-4)18(13-15)28-3/h7-8,11-14,19H,5-6,9-10H2,1-4H3,(H,24,31). The van der Waals surface area contributed by atoms with Crippen molar-refractivity contribution >= 4 is 23.2 Å². The number of aromatic nitrogens is 1. The normalized spacial score (nSPS) is 20.5. The first-order chi connectivity index (χ1) is 15.0. The Kier molecular flexibility index (Phi) is 7.33. The molecule has 8 heteroatoms. The summed E-state index contributed by atoms with van der Waals surface area (Å²) in [4.78, 5) is 18.1. The molecule has 0 spiro atoms. The highest BCUT2D eigenvalue weighted by atomic mass is 32.1. The number of nitrogens with one attached hydrogen (secondary N) is 1. The van der Waals surface area contributed by atoms with Gasteiger partial charge in [-0.3, -0.25) is 4.98 Å². The van der Waals surface area contributed by atoms with Gasteiger partial charge in [0.05, 0.1) is 37.3 Å². The van der Waals surface area contributed by atoms with Crippen LogP contribution in [0.3, 0.4) is 0 Å². The van der Waals surface area contributed by atoms with E-state index in [2.05, 4.69) is 10.3 Å². The van der Waals surface area contributed by atoms with Crippen LogP contribution in [0.15, 0.2) is 36.7 Å². The van der Waals surface area contributed by atoms with Crippen molar-refractivity contribution in [3.05, 3.63) is 47.8 Å². The minimum Gasteiger partial charge on any atom is -0.493 e. The van der Waals surface area contributed by atoms with E-state index in [0.29, 0.717) is 34.2 Å². The Labute approximate surface area is 188 Å². The van der Waals surface area contributed by atoms with Crippen LogP contribution in [-0.2, 0) is 10.2 Å². The summed E-state index contributed by atoms with van der Waals surface area (Å²) in [5.74, 6) is 0.724. The number of hydrogen-bond donors (Lipinski definition) is 1. The Morgan fingerprint density at radius 2 is 1.87 bits per heavy atom. The highest BCUT2D eigenvalue weighted by molar-refractivity contribution is 7.80. The minimum atomic E-state index is -0.632. The van der Waals surface area contributed by atoms with E-state index in [1.165, 1.54) is 21.3 Å². The van der Waals surface area contributed by atoms with Gasteiger partial charge in [-0.25, -0.2) is 4.79 Å². The van der Waals surface area contributed by atoms with Gasteiger partial charge in [-0.1, -0.05) is 24.7 Å². The van der Waals surface area contributed by atoms with Crippen molar-refractivity contribution in [3.63, 3.8) is 0 Å². The average molecular weight is 445 g/mol. The van der Waals surface area contributed by atoms with Crippen LogP contribution in [0.4, 0.5) is 0 Å². The van der Waals surface area contributed by atoms with Gasteiger partial charge < -0.3 is 24.3 Å². The fourth-order valence-corrected chi connectivity index (χ4v) is 4.62. The van der Waals surface area contributed by atoms with Gasteiger partial charge in [-0.05, 0) is 43.0 Å². The lowest BCUT2D eigenvalue weighted by atomic mass is 9.67. The molecule has 0 bridgehead atoms. The van der Waals surface area contributed by atoms with Gasteiger partial charge in [-0.15, -0.1) is 0 Å². The Hall–Kier alpha value is -2.87. The lowest BCUT2D eigenvalue weighted by Gasteiger charge is -2.43. The second-order valence-corrected chi connectivity index (χ2v) is 7.75. The van der Waals surface area contributed by atoms with Crippen molar-refractivity contribution in [2.24, 2.45) is 0 Å². The molecule has 31 heavy (non-hydrogen) atoms. The molecule has 1 fully saturated rings. The molecule has 1 heterocycles. The van der Waals surface area contributed by atoms with E-state index in [-0.39, 0.29) is 0 Å². The zero-order valence-corrected chi connectivity index (χ0v) is 19.1. The monoisotopic (exact) mass is 444 g/mol. The smallest absolute Gasteiger partial charge is 0.338 e. The lowest BCUT2D eigenvalue weighted by Crippen LogP contribution is -2.53. The number of ether oxygens (including phenoxy) is 4. The van der Waals surface area contributed by atoms with Crippen molar-refractivity contribution < 1.29 is 23.7 Å². The molecular weight excluding hydrogens is 416 g/mol. The van der Waals surface area contributed by atoms with Gasteiger partial charge in [0.1, 0.15) is 6.10 Å². The van der Waals surface area contributed by atoms with Crippen molar-refractivity contribution in [3.8, 4) is 17.2 Å². The third kappa shape index (κ3) is 4.30. The topological polar surface area (TPSA) is 78.9 Å². The number of carbonyl (C=O) groups excluding carboxylic acids is 1. The fourth-order valence-electron chi connectivity index (χ4n) is 4.27. The third-order valence-electron chi connectivity index (χ3n) is 5.80. The quantitative estimate of drug-likeness (QED) is 0.512. The molecule has 2 atom stereocenters. The van der Waals surface area contributed by atoms with Gasteiger partial charge in [0.15, 0.2) is 11.5 Å². The molecule has 1 N–H and O–H groups in total. The number of nitrogens with zero attached hydrogens (tertiary/aromatic N) is 1. The fraction of sp³-hybridized carbons (Fsp3) is 0.435. The van der Waals surface area contributed by atoms with Gasteiger partial charge in [0, 0.05) is 19.4 Å². The van der Waals surface area contributed by atoms with Crippen molar-refractivity contribution in [1.29, 1.82) is 0 Å². The molecule has 0 radical (unpaired) electrons. The van der Waals surface area contributed by atoms with Gasteiger partial charge in [0.25, 0.3) is 0 Å². The predicted octanol–water partition coefficient (Wildman–Crippen LogP) is 3.69. The number of hydrogen-bond acceptors (Lipinski definition) is 7. The molecule has 2 aromatic rings. The van der Waals surface area contributed by atoms with Crippen LogP contribution in [-0.4, -0.2) is 50.4 Å². The number of likely N-dealkylation sites (N-methyl/N-ethyl adjacent to an activating group) is 1. The molecule has 0 amide bonds. The van der Waals surface area contributed by atoms with E-state index in [4.69, 9.17) is 31.2 Å². The maximum atomic E-state index is 13.2. The molecule has 0 saturated heterocycles. The minimum absolute atomic E-state index is 0.315. The highest BCUT2D eigenvalue weighted by Gasteiger charge is 2.48. The van der Waals surface area contributed by atoms with E-state index < -0.39 is 17.5 Å². The van der Waals surface area contributed by atoms with Gasteiger partial charge in [-0.2, -0.15) is 0 Å². The SMILES string of the molecule is CNC(=S)C1(c2cccnc2)CCCCC1OC(=O)c1cc(OC)c(OC)c(OC)c1. The van der Waals surface area contributed by atoms with Gasteiger partial charge in [0.2, 0.25) is 5.75 Å². The Morgan fingerprint density at radius 1 is 1.16 bits per heavy atom. The molecule has 7 nitrogen and oxygen atoms in total. The number of carbonyl (C=O) groups is 1. The second-order valence-electron chi connectivity index (χ2n) is 7.35. The van der Waals surface area contributed by atoms with E-state index in [9.17, 15) is 4.79 Å². The summed E-state index contributed by atoms with van der Waals surface area (Å²) in [7, 11) is 6.33. The number of thiocarbonyl (C=S) groups is 1. The van der Waals surface area contributed by atoms with Crippen LogP contribution >= 0.6 is 12.2 Å². The zero-order valence-electron chi connectivity index (χ0n) is 18.3. The van der Waals surface area contributed by atoms with Crippen LogP contribution in [0.2, 0.25) is 0 Å². The summed E-state index contributed by atoms with van der Waals surface area (Å²) in [5.41, 5.74) is 0.625. The van der Waals surface area contributed by atoms with Crippen LogP contribution in [0.1, 0.15) is 41.6 Å². The molecule has 166 valence electrons. The molecule has 1 aliphatic carbocycles. The van der Waals surface area contributed by atoms with Crippen LogP contribution in [0.5, 0.6) is 17.2 Å². The molecule has 3 rings (SSSR count). The summed E-state index contributed by atoms with van der Waals surface area (Å²) in [6, 6.07) is 7.05. The van der Waals surface area contributed by atoms with Crippen molar-refractivity contribution in [2.75, 3.05) is 28.4 Å². The van der Waals surface area contributed by atoms with E-state index >= 15 is 0 Å². The van der Waals surface area contributed by atoms with Gasteiger partial charge >= 0.3 is 5.97 Å². The first-order valence-corrected chi connectivity index (χ1v) is 10.6. The zero-order chi connectivity index (χ0) is 22.4. The average Bonchev–Trinajstić information content (AvgIpc) is 2.83. The molecule has 1 aromatic heterocycles. The first-order valence-electron chi connectivity index (χ1n) is 10.2. The molecule has 1 saturated carbocycles. The molecule has 1 aliphatic rings. The number of esters is 1. The molecule has 2 unspecified atom stereocenters. The maximum Gasteiger partial charge on any atom is 0.338 e. The summed E-state index contributed by atoms with van der Waals surface area (Å²) in [5, 5.41) is 3.12. The summed E-state index contributed by atoms with van der Waals surface area (Å²) >= 11 is 5.74. The number of benzene rings is 1. The largest absolute Gasteiger partial charge is 0.493 e. The van der Waals surface area contributed by atoms with Crippen LogP contribution in [0, 0.1) is 0 Å². The number of methoxy groups -OCH3 is 3. The number of rotatable bonds is 7. The second kappa shape index (κ2) is 9.96. The number of pyridine rings is 1. The van der Waals surface area contributed by atoms with E-state index in [1.807, 2.05) is 12.1 Å². The highest BCUT2D eigenvalue weighted by Crippen LogP contribution is 2.43. The third-order valence-corrected chi connectivity index (χ3v) is 6.36. The van der Waals surface area contributed by atoms with E-state index in [1.54, 1.807) is 31.6 Å². The summed E-state index contributed by atoms with van der Waals surface area (Å²) in [6.07, 6.45) is 6.49. The molecule has 1 aromatic carbocycles. The Bertz CT molecular complexity index is 912. The predicted molar refractivity (Wildman–Crippen MR) is 121 cm³/mol. The van der Waals surface area contributed by atoms with Crippen LogP contribution < -0.4 is 19.5 Å². The maximum absolute atomic E-state index is 13.2. The first kappa shape index (κ1) is 22.8. The Morgan fingerprint density at radius 3 is 2.42 bits per heavy atom. The van der Waals surface area contributed by atoms with E-state index in [0.717, 1.165) is 24.8 Å². The molecule has 0 aliphatic heterocycles. The van der Waals surface area contributed by atoms with Crippen molar-refractivity contribution in [1.82, 2.24) is 10.3 Å². The Balaban J connectivity index is 1.99. The van der Waals surface area contributed by atoms with Crippen LogP contribution in [0.25, 0.3) is 0 Å². The summed E-state index contributed by atoms with van der Waals surface area (Å²) < 4.78 is 22.2. The molecular formula is C23H28N2O5S. The van der Waals surface area contributed by atoms with Crippen molar-refractivity contribution in [2.45, 2.75) is 37.2 Å². The lowest BCUT2D eigenvalue weighted by molar-refractivity contribution is 0.00423. The summed E-state index contributed by atoms with van der Waals surface area (Å²) in [6.45, 7) is 0.